The number of hydrogen-bond donors (Lipinski definition) is 2. The monoisotopic (exact) mass is 375 g/mol. The molecular formula is C19H25N3O5. The molecule has 1 heterocycles. The highest BCUT2D eigenvalue weighted by molar-refractivity contribution is 6.10. The summed E-state index contributed by atoms with van der Waals surface area (Å²) in [4.78, 5) is 38.7. The Labute approximate surface area is 158 Å². The number of hydrogen-bond acceptors (Lipinski definition) is 5. The lowest BCUT2D eigenvalue weighted by Gasteiger charge is -2.36. The van der Waals surface area contributed by atoms with Crippen LogP contribution in [0.3, 0.4) is 0 Å². The molecule has 0 radical (unpaired) electrons. The highest BCUT2D eigenvalue weighted by Crippen LogP contribution is 2.38. The topological polar surface area (TPSA) is 97.0 Å². The molecular weight excluding hydrogens is 350 g/mol. The first kappa shape index (κ1) is 19.0. The number of methoxy groups -OCH3 is 2. The fourth-order valence-corrected chi connectivity index (χ4v) is 3.90. The first-order valence-electron chi connectivity index (χ1n) is 9.07. The summed E-state index contributed by atoms with van der Waals surface area (Å²) >= 11 is 0. The molecule has 0 bridgehead atoms. The van der Waals surface area contributed by atoms with E-state index in [1.807, 2.05) is 6.92 Å². The van der Waals surface area contributed by atoms with E-state index in [-0.39, 0.29) is 18.4 Å². The second kappa shape index (κ2) is 7.46. The predicted octanol–water partition coefficient (Wildman–Crippen LogP) is 2.14. The van der Waals surface area contributed by atoms with E-state index < -0.39 is 17.5 Å². The lowest BCUT2D eigenvalue weighted by atomic mass is 9.73. The Morgan fingerprint density at radius 3 is 2.67 bits per heavy atom. The third-order valence-electron chi connectivity index (χ3n) is 5.47. The summed E-state index contributed by atoms with van der Waals surface area (Å²) in [6.07, 6.45) is 3.44. The second-order valence-electron chi connectivity index (χ2n) is 7.06. The van der Waals surface area contributed by atoms with Gasteiger partial charge in [0, 0.05) is 11.8 Å². The van der Waals surface area contributed by atoms with Crippen molar-refractivity contribution in [1.29, 1.82) is 0 Å². The molecule has 8 nitrogen and oxygen atoms in total. The number of anilines is 1. The van der Waals surface area contributed by atoms with E-state index in [1.54, 1.807) is 18.2 Å². The fourth-order valence-electron chi connectivity index (χ4n) is 3.90. The Hall–Kier alpha value is -2.77. The first-order valence-corrected chi connectivity index (χ1v) is 9.07. The van der Waals surface area contributed by atoms with Gasteiger partial charge in [-0.05, 0) is 30.9 Å². The van der Waals surface area contributed by atoms with Crippen LogP contribution in [0.5, 0.6) is 11.5 Å². The molecule has 2 fully saturated rings. The van der Waals surface area contributed by atoms with Crippen molar-refractivity contribution < 1.29 is 23.9 Å². The second-order valence-corrected chi connectivity index (χ2v) is 7.06. The molecule has 2 aliphatic rings. The van der Waals surface area contributed by atoms with Crippen molar-refractivity contribution in [2.24, 2.45) is 5.92 Å². The summed E-state index contributed by atoms with van der Waals surface area (Å²) in [6, 6.07) is 4.44. The average molecular weight is 375 g/mol. The van der Waals surface area contributed by atoms with Crippen molar-refractivity contribution in [1.82, 2.24) is 10.2 Å². The van der Waals surface area contributed by atoms with E-state index in [1.165, 1.54) is 14.2 Å². The van der Waals surface area contributed by atoms with Crippen molar-refractivity contribution >= 4 is 23.5 Å². The van der Waals surface area contributed by atoms with Crippen molar-refractivity contribution in [3.63, 3.8) is 0 Å². The van der Waals surface area contributed by atoms with Crippen LogP contribution in [0.2, 0.25) is 0 Å². The van der Waals surface area contributed by atoms with Crippen molar-refractivity contribution in [2.45, 2.75) is 38.1 Å². The number of urea groups is 1. The third kappa shape index (κ3) is 3.43. The predicted molar refractivity (Wildman–Crippen MR) is 98.8 cm³/mol. The Balaban J connectivity index is 1.69. The molecule has 1 saturated heterocycles. The van der Waals surface area contributed by atoms with E-state index in [4.69, 9.17) is 9.47 Å². The number of imide groups is 1. The first-order chi connectivity index (χ1) is 12.9. The lowest BCUT2D eigenvalue weighted by Crippen LogP contribution is -2.54. The van der Waals surface area contributed by atoms with Crippen molar-refractivity contribution in [3.8, 4) is 11.5 Å². The fraction of sp³-hybridized carbons (Fsp3) is 0.526. The van der Waals surface area contributed by atoms with Gasteiger partial charge in [0.15, 0.2) is 11.5 Å². The molecule has 27 heavy (non-hydrogen) atoms. The lowest BCUT2D eigenvalue weighted by molar-refractivity contribution is -0.136. The van der Waals surface area contributed by atoms with Crippen LogP contribution in [-0.2, 0) is 9.59 Å². The van der Waals surface area contributed by atoms with E-state index in [0.29, 0.717) is 23.6 Å². The van der Waals surface area contributed by atoms with Gasteiger partial charge in [-0.3, -0.25) is 14.5 Å². The quantitative estimate of drug-likeness (QED) is 0.769. The van der Waals surface area contributed by atoms with Gasteiger partial charge in [0.1, 0.15) is 12.1 Å². The number of carbonyl (C=O) groups is 3. The Morgan fingerprint density at radius 2 is 2.00 bits per heavy atom. The van der Waals surface area contributed by atoms with Gasteiger partial charge in [-0.2, -0.15) is 0 Å². The van der Waals surface area contributed by atoms with Crippen LogP contribution in [0.25, 0.3) is 0 Å². The Morgan fingerprint density at radius 1 is 1.26 bits per heavy atom. The van der Waals surface area contributed by atoms with Crippen molar-refractivity contribution in [3.05, 3.63) is 18.2 Å². The van der Waals surface area contributed by atoms with Crippen LogP contribution in [-0.4, -0.2) is 49.0 Å². The maximum absolute atomic E-state index is 12.9. The largest absolute Gasteiger partial charge is 0.493 e. The Kier molecular flexibility index (Phi) is 5.25. The molecule has 1 aromatic rings. The molecule has 1 aliphatic heterocycles. The van der Waals surface area contributed by atoms with E-state index in [2.05, 4.69) is 10.6 Å². The number of ether oxygens (including phenoxy) is 2. The zero-order valence-electron chi connectivity index (χ0n) is 15.8. The number of rotatable bonds is 5. The number of nitrogens with one attached hydrogen (secondary N) is 2. The minimum atomic E-state index is -0.862. The smallest absolute Gasteiger partial charge is 0.325 e. The van der Waals surface area contributed by atoms with Gasteiger partial charge in [-0.15, -0.1) is 0 Å². The van der Waals surface area contributed by atoms with Gasteiger partial charge in [0.2, 0.25) is 5.91 Å². The number of amides is 4. The molecule has 1 saturated carbocycles. The van der Waals surface area contributed by atoms with Gasteiger partial charge in [-0.25, -0.2) is 4.79 Å². The van der Waals surface area contributed by atoms with Crippen LogP contribution in [0.1, 0.15) is 32.6 Å². The van der Waals surface area contributed by atoms with E-state index >= 15 is 0 Å². The van der Waals surface area contributed by atoms with Crippen LogP contribution >= 0.6 is 0 Å². The molecule has 1 aromatic carbocycles. The van der Waals surface area contributed by atoms with E-state index in [0.717, 1.165) is 24.2 Å². The summed E-state index contributed by atoms with van der Waals surface area (Å²) in [5.41, 5.74) is -0.371. The average Bonchev–Trinajstić information content (AvgIpc) is 2.89. The highest BCUT2D eigenvalue weighted by atomic mass is 16.5. The summed E-state index contributed by atoms with van der Waals surface area (Å²) in [5.74, 6) is 0.313. The SMILES string of the molecule is COc1ccc(NC(=O)CN2C(=O)N[C@]3(CCCC[C@@H]3C)C2=O)cc1OC. The summed E-state index contributed by atoms with van der Waals surface area (Å²) in [7, 11) is 3.03. The number of benzene rings is 1. The molecule has 3 rings (SSSR count). The zero-order chi connectivity index (χ0) is 19.6. The number of nitrogens with zero attached hydrogens (tertiary/aromatic N) is 1. The Bertz CT molecular complexity index is 766. The molecule has 146 valence electrons. The van der Waals surface area contributed by atoms with Crippen molar-refractivity contribution in [2.75, 3.05) is 26.1 Å². The summed E-state index contributed by atoms with van der Waals surface area (Å²) in [6.45, 7) is 1.65. The molecule has 2 atom stereocenters. The molecule has 4 amide bonds. The molecule has 0 aromatic heterocycles. The van der Waals surface area contributed by atoms with Gasteiger partial charge in [0.25, 0.3) is 5.91 Å². The van der Waals surface area contributed by atoms with Crippen LogP contribution in [0.15, 0.2) is 18.2 Å². The summed E-state index contributed by atoms with van der Waals surface area (Å²) < 4.78 is 10.4. The van der Waals surface area contributed by atoms with Gasteiger partial charge in [-0.1, -0.05) is 19.8 Å². The van der Waals surface area contributed by atoms with Crippen LogP contribution in [0.4, 0.5) is 10.5 Å². The molecule has 1 spiro atoms. The van der Waals surface area contributed by atoms with Crippen LogP contribution in [0, 0.1) is 5.92 Å². The minimum Gasteiger partial charge on any atom is -0.493 e. The number of carbonyl (C=O) groups excluding carboxylic acids is 3. The van der Waals surface area contributed by atoms with Gasteiger partial charge < -0.3 is 20.1 Å². The normalized spacial score (nSPS) is 24.7. The maximum Gasteiger partial charge on any atom is 0.325 e. The van der Waals surface area contributed by atoms with Gasteiger partial charge >= 0.3 is 6.03 Å². The molecule has 1 aliphatic carbocycles. The van der Waals surface area contributed by atoms with E-state index in [9.17, 15) is 14.4 Å². The van der Waals surface area contributed by atoms with Gasteiger partial charge in [0.05, 0.1) is 14.2 Å². The maximum atomic E-state index is 12.9. The molecule has 0 unspecified atom stereocenters. The third-order valence-corrected chi connectivity index (χ3v) is 5.47. The minimum absolute atomic E-state index is 0.0570. The summed E-state index contributed by atoms with van der Waals surface area (Å²) in [5, 5.41) is 5.53. The van der Waals surface area contributed by atoms with Crippen LogP contribution < -0.4 is 20.1 Å². The molecule has 2 N–H and O–H groups in total. The highest BCUT2D eigenvalue weighted by Gasteiger charge is 2.55. The zero-order valence-corrected chi connectivity index (χ0v) is 15.8. The standard InChI is InChI=1S/C19H25N3O5/c1-12-6-4-5-9-19(12)17(24)22(18(25)21-19)11-16(23)20-13-7-8-14(26-2)15(10-13)27-3/h7-8,10,12H,4-6,9,11H2,1-3H3,(H,20,23)(H,21,25)/t12-,19-/m0/s1. The molecule has 8 heteroatoms.